The van der Waals surface area contributed by atoms with Crippen molar-refractivity contribution in [1.82, 2.24) is 0 Å². The van der Waals surface area contributed by atoms with Crippen molar-refractivity contribution in [3.63, 3.8) is 0 Å². The minimum absolute atomic E-state index is 0.0220. The van der Waals surface area contributed by atoms with Crippen molar-refractivity contribution in [2.75, 3.05) is 18.9 Å². The summed E-state index contributed by atoms with van der Waals surface area (Å²) in [5, 5.41) is 0. The van der Waals surface area contributed by atoms with Crippen LogP contribution in [0.4, 0.5) is 5.69 Å². The molecule has 0 spiro atoms. The first kappa shape index (κ1) is 15.8. The number of ether oxygens (including phenoxy) is 2. The van der Waals surface area contributed by atoms with E-state index in [9.17, 15) is 13.2 Å². The third-order valence-electron chi connectivity index (χ3n) is 2.91. The van der Waals surface area contributed by atoms with E-state index < -0.39 is 16.0 Å². The molecule has 0 radical (unpaired) electrons. The normalized spacial score (nSPS) is 10.8. The number of carbonyl (C=O) groups excluding carboxylic acids is 1. The fraction of sp³-hybridized carbons (Fsp3) is 0.133. The molecule has 0 atom stereocenters. The molecule has 0 saturated heterocycles. The fourth-order valence-corrected chi connectivity index (χ4v) is 2.89. The molecule has 0 aliphatic carbocycles. The monoisotopic (exact) mass is 321 g/mol. The van der Waals surface area contributed by atoms with Gasteiger partial charge in [0.1, 0.15) is 5.75 Å². The highest BCUT2D eigenvalue weighted by Crippen LogP contribution is 2.20. The van der Waals surface area contributed by atoms with Crippen LogP contribution < -0.4 is 9.46 Å². The molecule has 0 heterocycles. The van der Waals surface area contributed by atoms with Gasteiger partial charge in [0.05, 0.1) is 24.7 Å². The summed E-state index contributed by atoms with van der Waals surface area (Å²) in [7, 11) is -1.04. The van der Waals surface area contributed by atoms with Crippen LogP contribution in [-0.2, 0) is 14.8 Å². The number of nitrogens with one attached hydrogen (secondary N) is 1. The van der Waals surface area contributed by atoms with Crippen LogP contribution in [0.15, 0.2) is 53.4 Å². The molecule has 1 N–H and O–H groups in total. The highest BCUT2D eigenvalue weighted by molar-refractivity contribution is 7.92. The average molecular weight is 321 g/mol. The number of benzene rings is 2. The SMILES string of the molecule is COC(=O)c1cccc(S(=O)(=O)Nc2ccc(OC)cc2)c1. The predicted octanol–water partition coefficient (Wildman–Crippen LogP) is 2.28. The van der Waals surface area contributed by atoms with E-state index in [4.69, 9.17) is 4.74 Å². The van der Waals surface area contributed by atoms with Crippen molar-refractivity contribution in [1.29, 1.82) is 0 Å². The van der Waals surface area contributed by atoms with E-state index in [2.05, 4.69) is 9.46 Å². The highest BCUT2D eigenvalue weighted by atomic mass is 32.2. The van der Waals surface area contributed by atoms with Crippen LogP contribution in [0.1, 0.15) is 10.4 Å². The molecule has 116 valence electrons. The Morgan fingerprint density at radius 1 is 1.05 bits per heavy atom. The maximum Gasteiger partial charge on any atom is 0.337 e. The van der Waals surface area contributed by atoms with Gasteiger partial charge in [0.2, 0.25) is 0 Å². The Labute approximate surface area is 128 Å². The lowest BCUT2D eigenvalue weighted by Crippen LogP contribution is -2.14. The van der Waals surface area contributed by atoms with Gasteiger partial charge < -0.3 is 9.47 Å². The van der Waals surface area contributed by atoms with Crippen molar-refractivity contribution in [2.45, 2.75) is 4.90 Å². The lowest BCUT2D eigenvalue weighted by molar-refractivity contribution is 0.0600. The standard InChI is InChI=1S/C15H15NO5S/c1-20-13-8-6-12(7-9-13)16-22(18,19)14-5-3-4-11(10-14)15(17)21-2/h3-10,16H,1-2H3. The molecular formula is C15H15NO5S. The topological polar surface area (TPSA) is 81.7 Å². The third kappa shape index (κ3) is 3.56. The van der Waals surface area contributed by atoms with Crippen LogP contribution >= 0.6 is 0 Å². The summed E-state index contributed by atoms with van der Waals surface area (Å²) >= 11 is 0. The first-order valence-electron chi connectivity index (χ1n) is 6.31. The quantitative estimate of drug-likeness (QED) is 0.854. The number of carbonyl (C=O) groups is 1. The van der Waals surface area contributed by atoms with Crippen molar-refractivity contribution in [3.05, 3.63) is 54.1 Å². The average Bonchev–Trinajstić information content (AvgIpc) is 2.54. The van der Waals surface area contributed by atoms with Gasteiger partial charge in [-0.25, -0.2) is 13.2 Å². The van der Waals surface area contributed by atoms with Gasteiger partial charge in [-0.05, 0) is 42.5 Å². The van der Waals surface area contributed by atoms with E-state index in [0.29, 0.717) is 11.4 Å². The second-order valence-corrected chi connectivity index (χ2v) is 6.04. The van der Waals surface area contributed by atoms with E-state index in [-0.39, 0.29) is 10.5 Å². The van der Waals surface area contributed by atoms with Gasteiger partial charge in [0.25, 0.3) is 10.0 Å². The van der Waals surface area contributed by atoms with Gasteiger partial charge in [-0.3, -0.25) is 4.72 Å². The van der Waals surface area contributed by atoms with Crippen molar-refractivity contribution in [2.24, 2.45) is 0 Å². The van der Waals surface area contributed by atoms with E-state index in [1.165, 1.54) is 38.5 Å². The second-order valence-electron chi connectivity index (χ2n) is 4.35. The molecule has 2 aromatic rings. The molecule has 0 fully saturated rings. The number of esters is 1. The Morgan fingerprint density at radius 3 is 2.32 bits per heavy atom. The summed E-state index contributed by atoms with van der Waals surface area (Å²) in [5.74, 6) is 0.0251. The largest absolute Gasteiger partial charge is 0.497 e. The van der Waals surface area contributed by atoms with Crippen LogP contribution in [0.5, 0.6) is 5.75 Å². The summed E-state index contributed by atoms with van der Waals surface area (Å²) in [6.45, 7) is 0. The number of hydrogen-bond donors (Lipinski definition) is 1. The van der Waals surface area contributed by atoms with Crippen LogP contribution in [0.3, 0.4) is 0 Å². The van der Waals surface area contributed by atoms with Gasteiger partial charge in [0.15, 0.2) is 0 Å². The van der Waals surface area contributed by atoms with Gasteiger partial charge in [-0.1, -0.05) is 6.07 Å². The van der Waals surface area contributed by atoms with Crippen LogP contribution in [-0.4, -0.2) is 28.6 Å². The second kappa shape index (κ2) is 6.48. The lowest BCUT2D eigenvalue weighted by Gasteiger charge is -2.09. The Morgan fingerprint density at radius 2 is 1.73 bits per heavy atom. The van der Waals surface area contributed by atoms with Gasteiger partial charge >= 0.3 is 5.97 Å². The van der Waals surface area contributed by atoms with Gasteiger partial charge in [0, 0.05) is 5.69 Å². The molecule has 0 aromatic heterocycles. The van der Waals surface area contributed by atoms with E-state index >= 15 is 0 Å². The van der Waals surface area contributed by atoms with Crippen LogP contribution in [0.25, 0.3) is 0 Å². The van der Waals surface area contributed by atoms with E-state index in [1.54, 1.807) is 24.3 Å². The van der Waals surface area contributed by atoms with E-state index in [0.717, 1.165) is 0 Å². The molecule has 0 aliphatic heterocycles. The number of hydrogen-bond acceptors (Lipinski definition) is 5. The van der Waals surface area contributed by atoms with Crippen LogP contribution in [0.2, 0.25) is 0 Å². The smallest absolute Gasteiger partial charge is 0.337 e. The Kier molecular flexibility index (Phi) is 4.67. The summed E-state index contributed by atoms with van der Waals surface area (Å²) in [4.78, 5) is 11.4. The Bertz CT molecular complexity index is 769. The minimum atomic E-state index is -3.80. The van der Waals surface area contributed by atoms with Gasteiger partial charge in [-0.2, -0.15) is 0 Å². The first-order valence-corrected chi connectivity index (χ1v) is 7.80. The Balaban J connectivity index is 2.27. The Hall–Kier alpha value is -2.54. The third-order valence-corrected chi connectivity index (χ3v) is 4.29. The zero-order valence-corrected chi connectivity index (χ0v) is 12.9. The molecule has 0 aliphatic rings. The number of sulfonamides is 1. The molecule has 0 bridgehead atoms. The predicted molar refractivity (Wildman–Crippen MR) is 81.6 cm³/mol. The first-order chi connectivity index (χ1) is 10.5. The van der Waals surface area contributed by atoms with E-state index in [1.807, 2.05) is 0 Å². The molecule has 22 heavy (non-hydrogen) atoms. The maximum absolute atomic E-state index is 12.3. The van der Waals surface area contributed by atoms with Crippen molar-refractivity contribution in [3.8, 4) is 5.75 Å². The molecule has 0 saturated carbocycles. The fourth-order valence-electron chi connectivity index (χ4n) is 1.78. The summed E-state index contributed by atoms with van der Waals surface area (Å²) in [5.41, 5.74) is 0.560. The molecule has 6 nitrogen and oxygen atoms in total. The highest BCUT2D eigenvalue weighted by Gasteiger charge is 2.16. The molecule has 2 rings (SSSR count). The number of methoxy groups -OCH3 is 2. The van der Waals surface area contributed by atoms with Crippen molar-refractivity contribution < 1.29 is 22.7 Å². The summed E-state index contributed by atoms with van der Waals surface area (Å²) in [6, 6.07) is 12.1. The maximum atomic E-state index is 12.3. The minimum Gasteiger partial charge on any atom is -0.497 e. The molecule has 0 amide bonds. The number of anilines is 1. The molecule has 0 unspecified atom stereocenters. The number of rotatable bonds is 5. The molecular weight excluding hydrogens is 306 g/mol. The lowest BCUT2D eigenvalue weighted by atomic mass is 10.2. The van der Waals surface area contributed by atoms with Crippen molar-refractivity contribution >= 4 is 21.7 Å². The summed E-state index contributed by atoms with van der Waals surface area (Å²) in [6.07, 6.45) is 0. The van der Waals surface area contributed by atoms with Gasteiger partial charge in [-0.15, -0.1) is 0 Å². The zero-order chi connectivity index (χ0) is 16.2. The molecule has 7 heteroatoms. The molecule has 2 aromatic carbocycles. The zero-order valence-electron chi connectivity index (χ0n) is 12.1. The summed E-state index contributed by atoms with van der Waals surface area (Å²) < 4.78 is 36.7. The van der Waals surface area contributed by atoms with Crippen LogP contribution in [0, 0.1) is 0 Å².